The van der Waals surface area contributed by atoms with Crippen LogP contribution in [0.4, 0.5) is 5.13 Å². The first kappa shape index (κ1) is 23.4. The number of rotatable bonds is 8. The van der Waals surface area contributed by atoms with E-state index in [1.165, 1.54) is 30.6 Å². The van der Waals surface area contributed by atoms with Gasteiger partial charge in [-0.05, 0) is 48.2 Å². The Morgan fingerprint density at radius 2 is 1.82 bits per heavy atom. The molecule has 3 aromatic rings. The number of thiazole rings is 1. The Labute approximate surface area is 199 Å². The Kier molecular flexibility index (Phi) is 7.73. The quantitative estimate of drug-likeness (QED) is 0.511. The molecule has 6 nitrogen and oxygen atoms in total. The summed E-state index contributed by atoms with van der Waals surface area (Å²) in [6.45, 7) is 6.91. The summed E-state index contributed by atoms with van der Waals surface area (Å²) in [7, 11) is 0. The number of carbonyl (C=O) groups excluding carboxylic acids is 2. The molecular formula is C26H32N4O2S. The highest BCUT2D eigenvalue weighted by Crippen LogP contribution is 2.20. The van der Waals surface area contributed by atoms with Crippen molar-refractivity contribution in [2.75, 3.05) is 18.4 Å². The van der Waals surface area contributed by atoms with Gasteiger partial charge in [0.2, 0.25) is 11.8 Å². The number of nitrogens with one attached hydrogen (secondary N) is 2. The maximum Gasteiger partial charge on any atom is 0.248 e. The standard InChI is InChI=1S/C26H32N4O2S/c1-18(2)24(28-23(31)15-19-10-11-20-8-4-5-9-21(20)14-19)25(32)29-26-27-22(17-33-26)16-30-12-6-3-7-13-30/h4-5,8-11,14,17-18,24H,3,6-7,12-13,15-16H2,1-2H3,(H,28,31)(H,27,29,32). The molecule has 1 aliphatic heterocycles. The van der Waals surface area contributed by atoms with Crippen LogP contribution in [0.2, 0.25) is 0 Å². The number of fused-ring (bicyclic) bond motifs is 1. The van der Waals surface area contributed by atoms with E-state index in [4.69, 9.17) is 0 Å². The number of hydrogen-bond donors (Lipinski definition) is 2. The molecule has 2 aromatic carbocycles. The Hall–Kier alpha value is -2.77. The molecule has 33 heavy (non-hydrogen) atoms. The molecule has 0 bridgehead atoms. The predicted molar refractivity (Wildman–Crippen MR) is 134 cm³/mol. The van der Waals surface area contributed by atoms with E-state index in [2.05, 4.69) is 26.6 Å². The number of benzene rings is 2. The van der Waals surface area contributed by atoms with Gasteiger partial charge in [-0.25, -0.2) is 4.98 Å². The number of amides is 2. The van der Waals surface area contributed by atoms with Crippen molar-refractivity contribution in [2.45, 2.75) is 52.1 Å². The van der Waals surface area contributed by atoms with Gasteiger partial charge in [-0.1, -0.05) is 62.7 Å². The van der Waals surface area contributed by atoms with Crippen LogP contribution in [0, 0.1) is 5.92 Å². The van der Waals surface area contributed by atoms with Crippen molar-refractivity contribution < 1.29 is 9.59 Å². The second kappa shape index (κ2) is 10.9. The van der Waals surface area contributed by atoms with Crippen LogP contribution >= 0.6 is 11.3 Å². The summed E-state index contributed by atoms with van der Waals surface area (Å²) >= 11 is 1.44. The van der Waals surface area contributed by atoms with E-state index in [0.717, 1.165) is 41.7 Å². The summed E-state index contributed by atoms with van der Waals surface area (Å²) in [5, 5.41) is 10.7. The van der Waals surface area contributed by atoms with Crippen molar-refractivity contribution in [3.63, 3.8) is 0 Å². The minimum absolute atomic E-state index is 0.0432. The van der Waals surface area contributed by atoms with E-state index in [-0.39, 0.29) is 24.2 Å². The summed E-state index contributed by atoms with van der Waals surface area (Å²) in [5.41, 5.74) is 1.91. The van der Waals surface area contributed by atoms with Crippen molar-refractivity contribution in [1.29, 1.82) is 0 Å². The van der Waals surface area contributed by atoms with Gasteiger partial charge in [0, 0.05) is 11.9 Å². The fraction of sp³-hybridized carbons (Fsp3) is 0.423. The molecule has 0 spiro atoms. The number of likely N-dealkylation sites (tertiary alicyclic amines) is 1. The molecule has 1 unspecified atom stereocenters. The van der Waals surface area contributed by atoms with Gasteiger partial charge in [0.05, 0.1) is 12.1 Å². The molecular weight excluding hydrogens is 432 g/mol. The molecule has 174 valence electrons. The van der Waals surface area contributed by atoms with Crippen LogP contribution in [0.5, 0.6) is 0 Å². The normalized spacial score (nSPS) is 15.5. The summed E-state index contributed by atoms with van der Waals surface area (Å²) in [5.74, 6) is -0.432. The van der Waals surface area contributed by atoms with Crippen LogP contribution in [0.1, 0.15) is 44.4 Å². The molecule has 1 aromatic heterocycles. The maximum absolute atomic E-state index is 12.9. The Balaban J connectivity index is 1.34. The van der Waals surface area contributed by atoms with E-state index in [9.17, 15) is 9.59 Å². The van der Waals surface area contributed by atoms with Crippen molar-refractivity contribution in [3.8, 4) is 0 Å². The summed E-state index contributed by atoms with van der Waals surface area (Å²) in [4.78, 5) is 32.7. The van der Waals surface area contributed by atoms with Gasteiger partial charge in [0.15, 0.2) is 5.13 Å². The van der Waals surface area contributed by atoms with Crippen molar-refractivity contribution in [1.82, 2.24) is 15.2 Å². The molecule has 4 rings (SSSR count). The van der Waals surface area contributed by atoms with Crippen molar-refractivity contribution >= 4 is 39.1 Å². The Bertz CT molecular complexity index is 1100. The highest BCUT2D eigenvalue weighted by Gasteiger charge is 2.25. The highest BCUT2D eigenvalue weighted by atomic mass is 32.1. The summed E-state index contributed by atoms with van der Waals surface area (Å²) in [6, 6.07) is 13.5. The second-order valence-corrected chi connectivity index (χ2v) is 9.98. The molecule has 2 amide bonds. The van der Waals surface area contributed by atoms with Gasteiger partial charge in [0.25, 0.3) is 0 Å². The molecule has 2 heterocycles. The first-order valence-electron chi connectivity index (χ1n) is 11.7. The van der Waals surface area contributed by atoms with E-state index in [0.29, 0.717) is 5.13 Å². The Morgan fingerprint density at radius 3 is 2.58 bits per heavy atom. The number of carbonyl (C=O) groups is 2. The fourth-order valence-electron chi connectivity index (χ4n) is 4.26. The molecule has 1 aliphatic rings. The minimum Gasteiger partial charge on any atom is -0.344 e. The molecule has 2 N–H and O–H groups in total. The third kappa shape index (κ3) is 6.39. The molecule has 7 heteroatoms. The smallest absolute Gasteiger partial charge is 0.248 e. The van der Waals surface area contributed by atoms with E-state index in [1.54, 1.807) is 0 Å². The average molecular weight is 465 g/mol. The Morgan fingerprint density at radius 1 is 1.06 bits per heavy atom. The summed E-state index contributed by atoms with van der Waals surface area (Å²) in [6.07, 6.45) is 4.02. The predicted octanol–water partition coefficient (Wildman–Crippen LogP) is 4.60. The lowest BCUT2D eigenvalue weighted by molar-refractivity contribution is -0.127. The van der Waals surface area contributed by atoms with Gasteiger partial charge in [0.1, 0.15) is 6.04 Å². The van der Waals surface area contributed by atoms with Gasteiger partial charge in [-0.15, -0.1) is 11.3 Å². The number of nitrogens with zero attached hydrogens (tertiary/aromatic N) is 2. The SMILES string of the molecule is CC(C)C(NC(=O)Cc1ccc2ccccc2c1)C(=O)Nc1nc(CN2CCCCC2)cs1. The minimum atomic E-state index is -0.618. The van der Waals surface area contributed by atoms with Crippen LogP contribution in [0.15, 0.2) is 47.8 Å². The molecule has 0 saturated carbocycles. The number of hydrogen-bond acceptors (Lipinski definition) is 5. The van der Waals surface area contributed by atoms with Gasteiger partial charge in [-0.3, -0.25) is 14.5 Å². The van der Waals surface area contributed by atoms with E-state index < -0.39 is 6.04 Å². The number of piperidine rings is 1. The van der Waals surface area contributed by atoms with E-state index in [1.807, 2.05) is 55.6 Å². The first-order chi connectivity index (χ1) is 16.0. The third-order valence-electron chi connectivity index (χ3n) is 6.06. The van der Waals surface area contributed by atoms with E-state index >= 15 is 0 Å². The highest BCUT2D eigenvalue weighted by molar-refractivity contribution is 7.13. The lowest BCUT2D eigenvalue weighted by atomic mass is 10.0. The second-order valence-electron chi connectivity index (χ2n) is 9.12. The zero-order chi connectivity index (χ0) is 23.2. The fourth-order valence-corrected chi connectivity index (χ4v) is 4.96. The van der Waals surface area contributed by atoms with Gasteiger partial charge < -0.3 is 10.6 Å². The molecule has 1 fully saturated rings. The summed E-state index contributed by atoms with van der Waals surface area (Å²) < 4.78 is 0. The van der Waals surface area contributed by atoms with Crippen LogP contribution in [0.3, 0.4) is 0 Å². The van der Waals surface area contributed by atoms with Crippen LogP contribution in [-0.2, 0) is 22.6 Å². The maximum atomic E-state index is 12.9. The monoisotopic (exact) mass is 464 g/mol. The van der Waals surface area contributed by atoms with Crippen molar-refractivity contribution in [2.24, 2.45) is 5.92 Å². The van der Waals surface area contributed by atoms with Crippen LogP contribution in [0.25, 0.3) is 10.8 Å². The largest absolute Gasteiger partial charge is 0.344 e. The number of aromatic nitrogens is 1. The molecule has 1 saturated heterocycles. The molecule has 1 atom stereocenters. The third-order valence-corrected chi connectivity index (χ3v) is 6.87. The molecule has 0 radical (unpaired) electrons. The average Bonchev–Trinajstić information content (AvgIpc) is 3.24. The molecule has 0 aliphatic carbocycles. The topological polar surface area (TPSA) is 74.3 Å². The van der Waals surface area contributed by atoms with Crippen LogP contribution in [-0.4, -0.2) is 40.8 Å². The lowest BCUT2D eigenvalue weighted by Gasteiger charge is -2.25. The number of anilines is 1. The zero-order valence-electron chi connectivity index (χ0n) is 19.3. The lowest BCUT2D eigenvalue weighted by Crippen LogP contribution is -2.47. The van der Waals surface area contributed by atoms with Crippen molar-refractivity contribution in [3.05, 3.63) is 59.1 Å². The van der Waals surface area contributed by atoms with Gasteiger partial charge >= 0.3 is 0 Å². The van der Waals surface area contributed by atoms with Gasteiger partial charge in [-0.2, -0.15) is 0 Å². The van der Waals surface area contributed by atoms with Crippen LogP contribution < -0.4 is 10.6 Å². The zero-order valence-corrected chi connectivity index (χ0v) is 20.2. The first-order valence-corrected chi connectivity index (χ1v) is 12.6.